The molecule has 1 aromatic rings. The van der Waals surface area contributed by atoms with E-state index in [0.29, 0.717) is 0 Å². The number of aryl methyl sites for hydroxylation is 1. The highest BCUT2D eigenvalue weighted by Crippen LogP contribution is 2.28. The summed E-state index contributed by atoms with van der Waals surface area (Å²) in [5.74, 6) is 0.775. The van der Waals surface area contributed by atoms with Crippen LogP contribution >= 0.6 is 15.9 Å². The molecule has 1 unspecified atom stereocenters. The fourth-order valence-corrected chi connectivity index (χ4v) is 3.20. The Bertz CT molecular complexity index is 376. The number of hydrogen-bond donors (Lipinski definition) is 1. The largest absolute Gasteiger partial charge is 0.371 e. The quantitative estimate of drug-likeness (QED) is 0.927. The average Bonchev–Trinajstić information content (AvgIpc) is 2.29. The van der Waals surface area contributed by atoms with E-state index in [2.05, 4.69) is 46.0 Å². The summed E-state index contributed by atoms with van der Waals surface area (Å²) in [6, 6.07) is 6.56. The van der Waals surface area contributed by atoms with Crippen molar-refractivity contribution in [2.45, 2.75) is 26.2 Å². The number of hydrogen-bond acceptors (Lipinski definition) is 2. The predicted octanol–water partition coefficient (Wildman–Crippen LogP) is 3.32. The molecule has 1 fully saturated rings. The smallest absolute Gasteiger partial charge is 0.0396 e. The van der Waals surface area contributed by atoms with Crippen LogP contribution in [0.5, 0.6) is 0 Å². The zero-order valence-electron chi connectivity index (χ0n) is 10.5. The number of halogens is 1. The predicted molar refractivity (Wildman–Crippen MR) is 77.5 cm³/mol. The maximum Gasteiger partial charge on any atom is 0.0396 e. The first-order valence-corrected chi connectivity index (χ1v) is 7.21. The van der Waals surface area contributed by atoms with Crippen molar-refractivity contribution >= 4 is 21.6 Å². The third-order valence-corrected chi connectivity index (χ3v) is 4.09. The van der Waals surface area contributed by atoms with E-state index in [1.54, 1.807) is 0 Å². The van der Waals surface area contributed by atoms with Gasteiger partial charge in [0.2, 0.25) is 0 Å². The first kappa shape index (κ1) is 12.9. The minimum atomic E-state index is 0.775. The molecular formula is C14H21BrN2. The summed E-state index contributed by atoms with van der Waals surface area (Å²) in [6.07, 6.45) is 3.79. The Hall–Kier alpha value is -0.540. The molecule has 1 aromatic carbocycles. The molecule has 94 valence electrons. The van der Waals surface area contributed by atoms with Crippen molar-refractivity contribution in [3.63, 3.8) is 0 Å². The molecule has 0 aliphatic carbocycles. The van der Waals surface area contributed by atoms with Gasteiger partial charge < -0.3 is 10.6 Å². The number of piperidine rings is 1. The topological polar surface area (TPSA) is 29.3 Å². The van der Waals surface area contributed by atoms with Crippen molar-refractivity contribution in [1.82, 2.24) is 0 Å². The average molecular weight is 297 g/mol. The first-order valence-electron chi connectivity index (χ1n) is 6.42. The molecule has 0 radical (unpaired) electrons. The summed E-state index contributed by atoms with van der Waals surface area (Å²) in [5.41, 5.74) is 8.41. The summed E-state index contributed by atoms with van der Waals surface area (Å²) in [4.78, 5) is 2.52. The lowest BCUT2D eigenvalue weighted by Gasteiger charge is -2.35. The summed E-state index contributed by atoms with van der Waals surface area (Å²) >= 11 is 3.52. The highest BCUT2D eigenvalue weighted by Gasteiger charge is 2.20. The van der Waals surface area contributed by atoms with Gasteiger partial charge >= 0.3 is 0 Å². The van der Waals surface area contributed by atoms with Gasteiger partial charge in [0.25, 0.3) is 0 Å². The molecule has 0 bridgehead atoms. The molecule has 1 atom stereocenters. The van der Waals surface area contributed by atoms with Crippen LogP contribution in [0, 0.1) is 12.8 Å². The van der Waals surface area contributed by atoms with E-state index in [1.807, 2.05) is 0 Å². The van der Waals surface area contributed by atoms with E-state index in [0.717, 1.165) is 23.4 Å². The highest BCUT2D eigenvalue weighted by atomic mass is 79.9. The van der Waals surface area contributed by atoms with Gasteiger partial charge in [-0.3, -0.25) is 0 Å². The van der Waals surface area contributed by atoms with Crippen LogP contribution in [0.25, 0.3) is 0 Å². The van der Waals surface area contributed by atoms with Gasteiger partial charge in [0.05, 0.1) is 0 Å². The molecule has 1 heterocycles. The van der Waals surface area contributed by atoms with Gasteiger partial charge in [0.15, 0.2) is 0 Å². The van der Waals surface area contributed by atoms with Crippen molar-refractivity contribution < 1.29 is 0 Å². The van der Waals surface area contributed by atoms with Gasteiger partial charge in [0, 0.05) is 23.2 Å². The molecular weight excluding hydrogens is 276 g/mol. The molecule has 0 spiro atoms. The Morgan fingerprint density at radius 1 is 1.47 bits per heavy atom. The van der Waals surface area contributed by atoms with Crippen LogP contribution in [0.1, 0.15) is 24.8 Å². The SMILES string of the molecule is Cc1cc(Br)ccc1N1CCCC(CCN)C1. The molecule has 1 saturated heterocycles. The zero-order valence-corrected chi connectivity index (χ0v) is 12.0. The summed E-state index contributed by atoms with van der Waals surface area (Å²) < 4.78 is 1.16. The fourth-order valence-electron chi connectivity index (χ4n) is 2.73. The van der Waals surface area contributed by atoms with Crippen LogP contribution in [0.15, 0.2) is 22.7 Å². The Morgan fingerprint density at radius 2 is 2.29 bits per heavy atom. The zero-order chi connectivity index (χ0) is 12.3. The lowest BCUT2D eigenvalue weighted by molar-refractivity contribution is 0.396. The second-order valence-electron chi connectivity index (χ2n) is 4.96. The summed E-state index contributed by atoms with van der Waals surface area (Å²) in [5, 5.41) is 0. The third kappa shape index (κ3) is 3.23. The second kappa shape index (κ2) is 5.87. The van der Waals surface area contributed by atoms with Crippen LogP contribution in [-0.2, 0) is 0 Å². The number of benzene rings is 1. The van der Waals surface area contributed by atoms with Crippen LogP contribution in [0.4, 0.5) is 5.69 Å². The molecule has 2 N–H and O–H groups in total. The van der Waals surface area contributed by atoms with E-state index in [4.69, 9.17) is 5.73 Å². The Labute approximate surface area is 112 Å². The molecule has 2 rings (SSSR count). The summed E-state index contributed by atoms with van der Waals surface area (Å²) in [6.45, 7) is 5.35. The van der Waals surface area contributed by atoms with Crippen LogP contribution in [0.2, 0.25) is 0 Å². The van der Waals surface area contributed by atoms with Gasteiger partial charge in [-0.15, -0.1) is 0 Å². The third-order valence-electron chi connectivity index (χ3n) is 3.59. The standard InChI is InChI=1S/C14H21BrN2/c1-11-9-13(15)4-5-14(11)17-8-2-3-12(10-17)6-7-16/h4-5,9,12H,2-3,6-8,10,16H2,1H3. The van der Waals surface area contributed by atoms with Gasteiger partial charge in [-0.05, 0) is 62.4 Å². The number of rotatable bonds is 3. The first-order chi connectivity index (χ1) is 8.20. The van der Waals surface area contributed by atoms with E-state index >= 15 is 0 Å². The van der Waals surface area contributed by atoms with E-state index < -0.39 is 0 Å². The molecule has 1 aliphatic rings. The van der Waals surface area contributed by atoms with Gasteiger partial charge in [-0.1, -0.05) is 15.9 Å². The highest BCUT2D eigenvalue weighted by molar-refractivity contribution is 9.10. The molecule has 17 heavy (non-hydrogen) atoms. The Morgan fingerprint density at radius 3 is 3.00 bits per heavy atom. The van der Waals surface area contributed by atoms with Crippen LogP contribution in [-0.4, -0.2) is 19.6 Å². The lowest BCUT2D eigenvalue weighted by Crippen LogP contribution is -2.36. The normalized spacial score (nSPS) is 20.6. The van der Waals surface area contributed by atoms with Crippen molar-refractivity contribution in [3.05, 3.63) is 28.2 Å². The minimum Gasteiger partial charge on any atom is -0.371 e. The number of nitrogens with zero attached hydrogens (tertiary/aromatic N) is 1. The molecule has 0 aromatic heterocycles. The van der Waals surface area contributed by atoms with E-state index in [9.17, 15) is 0 Å². The number of anilines is 1. The van der Waals surface area contributed by atoms with Crippen molar-refractivity contribution in [3.8, 4) is 0 Å². The molecule has 0 saturated carbocycles. The fraction of sp³-hybridized carbons (Fsp3) is 0.571. The Balaban J connectivity index is 2.10. The van der Waals surface area contributed by atoms with Gasteiger partial charge in [0.1, 0.15) is 0 Å². The van der Waals surface area contributed by atoms with Crippen LogP contribution < -0.4 is 10.6 Å². The van der Waals surface area contributed by atoms with Crippen molar-refractivity contribution in [2.75, 3.05) is 24.5 Å². The van der Waals surface area contributed by atoms with Gasteiger partial charge in [-0.2, -0.15) is 0 Å². The molecule has 2 nitrogen and oxygen atoms in total. The molecule has 1 aliphatic heterocycles. The lowest BCUT2D eigenvalue weighted by atomic mass is 9.94. The van der Waals surface area contributed by atoms with Crippen LogP contribution in [0.3, 0.4) is 0 Å². The van der Waals surface area contributed by atoms with E-state index in [-0.39, 0.29) is 0 Å². The molecule has 3 heteroatoms. The Kier molecular flexibility index (Phi) is 4.46. The number of nitrogens with two attached hydrogens (primary N) is 1. The second-order valence-corrected chi connectivity index (χ2v) is 5.88. The van der Waals surface area contributed by atoms with Crippen molar-refractivity contribution in [1.29, 1.82) is 0 Å². The monoisotopic (exact) mass is 296 g/mol. The van der Waals surface area contributed by atoms with E-state index in [1.165, 1.54) is 37.2 Å². The minimum absolute atomic E-state index is 0.775. The van der Waals surface area contributed by atoms with Gasteiger partial charge in [-0.25, -0.2) is 0 Å². The maximum absolute atomic E-state index is 5.67. The van der Waals surface area contributed by atoms with Crippen molar-refractivity contribution in [2.24, 2.45) is 11.7 Å². The molecule has 0 amide bonds. The summed E-state index contributed by atoms with van der Waals surface area (Å²) in [7, 11) is 0. The maximum atomic E-state index is 5.67.